The molecule has 0 saturated heterocycles. The largest absolute Gasteiger partial charge is 0.380 e. The Bertz CT molecular complexity index is 354. The van der Waals surface area contributed by atoms with Gasteiger partial charge >= 0.3 is 0 Å². The molecule has 3 N–H and O–H groups in total. The molecule has 4 nitrogen and oxygen atoms in total. The molecule has 0 fully saturated rings. The standard InChI is InChI=1S/C15H24N2O2/c1-2-3-10-19-11-9-17-15(18)14(16)12-13-7-5-4-6-8-13/h4-8,14H,2-3,9-12,16H2,1H3,(H,17,18)/t14-/m1/s1. The minimum absolute atomic E-state index is 0.122. The number of hydrogen-bond acceptors (Lipinski definition) is 3. The Morgan fingerprint density at radius 2 is 2.05 bits per heavy atom. The summed E-state index contributed by atoms with van der Waals surface area (Å²) in [5.74, 6) is -0.122. The van der Waals surface area contributed by atoms with Crippen molar-refractivity contribution in [3.8, 4) is 0 Å². The Kier molecular flexibility index (Phi) is 7.86. The van der Waals surface area contributed by atoms with Gasteiger partial charge in [0.15, 0.2) is 0 Å². The first-order valence-corrected chi connectivity index (χ1v) is 6.89. The highest BCUT2D eigenvalue weighted by molar-refractivity contribution is 5.81. The van der Waals surface area contributed by atoms with Crippen LogP contribution in [0.4, 0.5) is 0 Å². The van der Waals surface area contributed by atoms with Crippen LogP contribution in [-0.4, -0.2) is 31.7 Å². The number of nitrogens with two attached hydrogens (primary N) is 1. The Balaban J connectivity index is 2.15. The molecular weight excluding hydrogens is 240 g/mol. The van der Waals surface area contributed by atoms with Crippen molar-refractivity contribution in [3.63, 3.8) is 0 Å². The Labute approximate surface area is 115 Å². The lowest BCUT2D eigenvalue weighted by atomic mass is 10.1. The number of hydrogen-bond donors (Lipinski definition) is 2. The van der Waals surface area contributed by atoms with Gasteiger partial charge in [-0.15, -0.1) is 0 Å². The van der Waals surface area contributed by atoms with Crippen LogP contribution in [-0.2, 0) is 16.0 Å². The van der Waals surface area contributed by atoms with E-state index in [2.05, 4.69) is 12.2 Å². The normalized spacial score (nSPS) is 12.1. The van der Waals surface area contributed by atoms with Crippen molar-refractivity contribution in [1.29, 1.82) is 0 Å². The molecule has 0 unspecified atom stereocenters. The van der Waals surface area contributed by atoms with Crippen molar-refractivity contribution >= 4 is 5.91 Å². The van der Waals surface area contributed by atoms with Gasteiger partial charge in [-0.25, -0.2) is 0 Å². The molecule has 0 aromatic heterocycles. The van der Waals surface area contributed by atoms with E-state index in [1.165, 1.54) is 0 Å². The number of amides is 1. The summed E-state index contributed by atoms with van der Waals surface area (Å²) in [4.78, 5) is 11.7. The zero-order chi connectivity index (χ0) is 13.9. The Morgan fingerprint density at radius 1 is 1.32 bits per heavy atom. The quantitative estimate of drug-likeness (QED) is 0.664. The predicted octanol–water partition coefficient (Wildman–Crippen LogP) is 1.49. The maximum absolute atomic E-state index is 11.7. The number of carbonyl (C=O) groups is 1. The van der Waals surface area contributed by atoms with Crippen LogP contribution >= 0.6 is 0 Å². The van der Waals surface area contributed by atoms with Crippen molar-refractivity contribution in [3.05, 3.63) is 35.9 Å². The molecule has 19 heavy (non-hydrogen) atoms. The van der Waals surface area contributed by atoms with E-state index in [0.717, 1.165) is 25.0 Å². The highest BCUT2D eigenvalue weighted by atomic mass is 16.5. The molecule has 4 heteroatoms. The lowest BCUT2D eigenvalue weighted by molar-refractivity contribution is -0.122. The fraction of sp³-hybridized carbons (Fsp3) is 0.533. The molecule has 0 heterocycles. The van der Waals surface area contributed by atoms with Crippen LogP contribution in [0.1, 0.15) is 25.3 Å². The van der Waals surface area contributed by atoms with Gasteiger partial charge in [-0.2, -0.15) is 0 Å². The number of nitrogens with one attached hydrogen (secondary N) is 1. The van der Waals surface area contributed by atoms with Crippen molar-refractivity contribution in [2.24, 2.45) is 5.73 Å². The van der Waals surface area contributed by atoms with Crippen LogP contribution in [0.15, 0.2) is 30.3 Å². The maximum atomic E-state index is 11.7. The smallest absolute Gasteiger partial charge is 0.237 e. The third kappa shape index (κ3) is 6.94. The van der Waals surface area contributed by atoms with E-state index >= 15 is 0 Å². The lowest BCUT2D eigenvalue weighted by Gasteiger charge is -2.12. The fourth-order valence-electron chi connectivity index (χ4n) is 1.69. The van der Waals surface area contributed by atoms with E-state index in [9.17, 15) is 4.79 Å². The molecule has 0 radical (unpaired) electrons. The van der Waals surface area contributed by atoms with Gasteiger partial charge in [0.25, 0.3) is 0 Å². The summed E-state index contributed by atoms with van der Waals surface area (Å²) in [6.07, 6.45) is 2.74. The van der Waals surface area contributed by atoms with Gasteiger partial charge in [0.2, 0.25) is 5.91 Å². The van der Waals surface area contributed by atoms with Crippen molar-refractivity contribution in [2.75, 3.05) is 19.8 Å². The van der Waals surface area contributed by atoms with Gasteiger partial charge in [0.1, 0.15) is 0 Å². The molecule has 106 valence electrons. The first kappa shape index (κ1) is 15.7. The van der Waals surface area contributed by atoms with Gasteiger partial charge in [0, 0.05) is 13.2 Å². The van der Waals surface area contributed by atoms with E-state index in [1.807, 2.05) is 30.3 Å². The lowest BCUT2D eigenvalue weighted by Crippen LogP contribution is -2.43. The molecule has 1 rings (SSSR count). The summed E-state index contributed by atoms with van der Waals surface area (Å²) in [7, 11) is 0. The summed E-state index contributed by atoms with van der Waals surface area (Å²) in [6.45, 7) is 3.94. The van der Waals surface area contributed by atoms with Crippen LogP contribution in [0.5, 0.6) is 0 Å². The monoisotopic (exact) mass is 264 g/mol. The molecule has 0 aliphatic carbocycles. The molecular formula is C15H24N2O2. The van der Waals surface area contributed by atoms with E-state index in [-0.39, 0.29) is 5.91 Å². The molecule has 0 saturated carbocycles. The number of benzene rings is 1. The minimum atomic E-state index is -0.502. The van der Waals surface area contributed by atoms with E-state index < -0.39 is 6.04 Å². The average Bonchev–Trinajstić information content (AvgIpc) is 2.43. The number of rotatable bonds is 9. The van der Waals surface area contributed by atoms with Gasteiger partial charge in [-0.3, -0.25) is 4.79 Å². The maximum Gasteiger partial charge on any atom is 0.237 e. The average molecular weight is 264 g/mol. The zero-order valence-electron chi connectivity index (χ0n) is 11.6. The van der Waals surface area contributed by atoms with Gasteiger partial charge < -0.3 is 15.8 Å². The third-order valence-electron chi connectivity index (χ3n) is 2.82. The molecule has 0 aliphatic rings. The summed E-state index contributed by atoms with van der Waals surface area (Å²) >= 11 is 0. The highest BCUT2D eigenvalue weighted by Crippen LogP contribution is 2.01. The summed E-state index contributed by atoms with van der Waals surface area (Å²) < 4.78 is 5.37. The summed E-state index contributed by atoms with van der Waals surface area (Å²) in [6, 6.07) is 9.28. The van der Waals surface area contributed by atoms with Crippen molar-refractivity contribution in [2.45, 2.75) is 32.2 Å². The third-order valence-corrected chi connectivity index (χ3v) is 2.82. The molecule has 1 aromatic carbocycles. The second-order valence-corrected chi connectivity index (χ2v) is 4.55. The first-order valence-electron chi connectivity index (χ1n) is 6.89. The van der Waals surface area contributed by atoms with Crippen LogP contribution in [0, 0.1) is 0 Å². The number of unbranched alkanes of at least 4 members (excludes halogenated alkanes) is 1. The van der Waals surface area contributed by atoms with Gasteiger partial charge in [0.05, 0.1) is 12.6 Å². The van der Waals surface area contributed by atoms with Crippen LogP contribution < -0.4 is 11.1 Å². The van der Waals surface area contributed by atoms with Crippen molar-refractivity contribution in [1.82, 2.24) is 5.32 Å². The molecule has 0 bridgehead atoms. The molecule has 1 atom stereocenters. The van der Waals surface area contributed by atoms with Gasteiger partial charge in [-0.1, -0.05) is 43.7 Å². The minimum Gasteiger partial charge on any atom is -0.380 e. The van der Waals surface area contributed by atoms with Gasteiger partial charge in [-0.05, 0) is 18.4 Å². The van der Waals surface area contributed by atoms with E-state index in [0.29, 0.717) is 19.6 Å². The van der Waals surface area contributed by atoms with Crippen molar-refractivity contribution < 1.29 is 9.53 Å². The van der Waals surface area contributed by atoms with Crippen LogP contribution in [0.2, 0.25) is 0 Å². The number of carbonyl (C=O) groups excluding carboxylic acids is 1. The number of ether oxygens (including phenoxy) is 1. The fourth-order valence-corrected chi connectivity index (χ4v) is 1.69. The van der Waals surface area contributed by atoms with E-state index in [4.69, 9.17) is 10.5 Å². The zero-order valence-corrected chi connectivity index (χ0v) is 11.6. The second-order valence-electron chi connectivity index (χ2n) is 4.55. The first-order chi connectivity index (χ1) is 9.24. The highest BCUT2D eigenvalue weighted by Gasteiger charge is 2.12. The Hall–Kier alpha value is -1.39. The summed E-state index contributed by atoms with van der Waals surface area (Å²) in [5.41, 5.74) is 6.93. The molecule has 0 aliphatic heterocycles. The second kappa shape index (κ2) is 9.53. The Morgan fingerprint density at radius 3 is 2.74 bits per heavy atom. The predicted molar refractivity (Wildman–Crippen MR) is 76.9 cm³/mol. The molecule has 1 aromatic rings. The summed E-state index contributed by atoms with van der Waals surface area (Å²) in [5, 5.41) is 2.79. The molecule has 1 amide bonds. The topological polar surface area (TPSA) is 64.3 Å². The van der Waals surface area contributed by atoms with Crippen LogP contribution in [0.3, 0.4) is 0 Å². The van der Waals surface area contributed by atoms with E-state index in [1.54, 1.807) is 0 Å². The molecule has 0 spiro atoms. The van der Waals surface area contributed by atoms with Crippen LogP contribution in [0.25, 0.3) is 0 Å². The SMILES string of the molecule is CCCCOCCNC(=O)[C@H](N)Cc1ccccc1.